The number of anilines is 3. The smallest absolute Gasteiger partial charge is 0.252 e. The van der Waals surface area contributed by atoms with Gasteiger partial charge in [0.1, 0.15) is 5.82 Å². The van der Waals surface area contributed by atoms with Gasteiger partial charge in [-0.2, -0.15) is 0 Å². The van der Waals surface area contributed by atoms with E-state index in [1.165, 1.54) is 18.3 Å². The van der Waals surface area contributed by atoms with Crippen LogP contribution in [0.25, 0.3) is 10.9 Å². The molecule has 158 valence electrons. The fourth-order valence-electron chi connectivity index (χ4n) is 3.29. The molecule has 0 aliphatic rings. The van der Waals surface area contributed by atoms with E-state index in [1.54, 1.807) is 18.2 Å². The van der Waals surface area contributed by atoms with Crippen molar-refractivity contribution in [2.75, 3.05) is 16.9 Å². The van der Waals surface area contributed by atoms with Crippen LogP contribution in [0.3, 0.4) is 0 Å². The molecule has 4 rings (SSSR count). The van der Waals surface area contributed by atoms with Gasteiger partial charge in [0.25, 0.3) is 5.91 Å². The molecular formula is C22H21N5O3S. The number of hydrogen-bond donors (Lipinski definition) is 4. The number of primary amides is 1. The maximum atomic E-state index is 11.9. The molecule has 0 saturated carbocycles. The number of sulfone groups is 1. The van der Waals surface area contributed by atoms with E-state index in [2.05, 4.69) is 20.6 Å². The minimum Gasteiger partial charge on any atom is -0.380 e. The summed E-state index contributed by atoms with van der Waals surface area (Å²) in [5, 5.41) is 7.48. The maximum Gasteiger partial charge on any atom is 0.252 e. The number of rotatable bonds is 7. The second-order valence-corrected chi connectivity index (χ2v) is 9.13. The number of aromatic amines is 1. The first-order valence-electron chi connectivity index (χ1n) is 9.47. The number of benzene rings is 2. The second-order valence-electron chi connectivity index (χ2n) is 7.11. The Morgan fingerprint density at radius 2 is 1.90 bits per heavy atom. The highest BCUT2D eigenvalue weighted by atomic mass is 32.2. The molecule has 8 nitrogen and oxygen atoms in total. The van der Waals surface area contributed by atoms with Crippen LogP contribution in [0.5, 0.6) is 0 Å². The minimum atomic E-state index is -3.27. The van der Waals surface area contributed by atoms with Gasteiger partial charge < -0.3 is 21.4 Å². The van der Waals surface area contributed by atoms with Crippen LogP contribution < -0.4 is 16.4 Å². The highest BCUT2D eigenvalue weighted by molar-refractivity contribution is 7.90. The number of carbonyl (C=O) groups excluding carboxylic acids is 1. The number of amides is 1. The van der Waals surface area contributed by atoms with Gasteiger partial charge in [0.05, 0.1) is 16.1 Å². The molecule has 5 N–H and O–H groups in total. The Bertz CT molecular complexity index is 1360. The first-order chi connectivity index (χ1) is 14.8. The van der Waals surface area contributed by atoms with Crippen LogP contribution in [-0.4, -0.2) is 30.5 Å². The van der Waals surface area contributed by atoms with Crippen molar-refractivity contribution in [3.63, 3.8) is 0 Å². The number of H-pyrrole nitrogens is 1. The summed E-state index contributed by atoms with van der Waals surface area (Å²) in [7, 11) is -3.27. The lowest BCUT2D eigenvalue weighted by Gasteiger charge is -2.13. The van der Waals surface area contributed by atoms with E-state index >= 15 is 0 Å². The van der Waals surface area contributed by atoms with Crippen molar-refractivity contribution in [2.24, 2.45) is 5.73 Å². The third-order valence-corrected chi connectivity index (χ3v) is 6.01. The van der Waals surface area contributed by atoms with Gasteiger partial charge in [0.2, 0.25) is 0 Å². The van der Waals surface area contributed by atoms with Gasteiger partial charge in [0, 0.05) is 47.9 Å². The van der Waals surface area contributed by atoms with E-state index in [0.29, 0.717) is 23.7 Å². The highest BCUT2D eigenvalue weighted by Gasteiger charge is 2.12. The largest absolute Gasteiger partial charge is 0.380 e. The molecule has 0 aliphatic carbocycles. The average molecular weight is 436 g/mol. The van der Waals surface area contributed by atoms with Crippen molar-refractivity contribution < 1.29 is 13.2 Å². The fourth-order valence-corrected chi connectivity index (χ4v) is 3.93. The maximum absolute atomic E-state index is 11.9. The quantitative estimate of drug-likeness (QED) is 0.352. The lowest BCUT2D eigenvalue weighted by Crippen LogP contribution is -2.15. The second kappa shape index (κ2) is 8.11. The number of carbonyl (C=O) groups is 1. The molecule has 0 unspecified atom stereocenters. The van der Waals surface area contributed by atoms with Gasteiger partial charge in [0.15, 0.2) is 9.84 Å². The summed E-state index contributed by atoms with van der Waals surface area (Å²) in [4.78, 5) is 19.5. The van der Waals surface area contributed by atoms with Crippen molar-refractivity contribution in [1.29, 1.82) is 0 Å². The predicted molar refractivity (Wildman–Crippen MR) is 121 cm³/mol. The Hall–Kier alpha value is -3.85. The van der Waals surface area contributed by atoms with E-state index in [0.717, 1.165) is 22.7 Å². The van der Waals surface area contributed by atoms with Gasteiger partial charge in [-0.05, 0) is 42.0 Å². The van der Waals surface area contributed by atoms with Crippen molar-refractivity contribution in [3.05, 3.63) is 78.1 Å². The summed E-state index contributed by atoms with van der Waals surface area (Å²) >= 11 is 0. The molecule has 0 spiro atoms. The lowest BCUT2D eigenvalue weighted by molar-refractivity contribution is 0.100. The van der Waals surface area contributed by atoms with Crippen LogP contribution >= 0.6 is 0 Å². The van der Waals surface area contributed by atoms with E-state index in [9.17, 15) is 13.2 Å². The zero-order chi connectivity index (χ0) is 22.0. The van der Waals surface area contributed by atoms with Crippen LogP contribution in [0.15, 0.2) is 71.9 Å². The number of nitrogens with zero attached hydrogens (tertiary/aromatic N) is 1. The number of fused-ring (bicyclic) bond motifs is 1. The Morgan fingerprint density at radius 3 is 2.61 bits per heavy atom. The predicted octanol–water partition coefficient (Wildman–Crippen LogP) is 3.42. The Balaban J connectivity index is 1.58. The van der Waals surface area contributed by atoms with Gasteiger partial charge in [-0.3, -0.25) is 4.79 Å². The van der Waals surface area contributed by atoms with Crippen LogP contribution in [0.1, 0.15) is 15.9 Å². The molecule has 2 heterocycles. The number of hydrogen-bond acceptors (Lipinski definition) is 6. The standard InChI is InChI=1S/C22H21N5O3S/c1-31(29,30)16-7-5-15(6-8-16)27-21-11-20(18(13-26-21)22(23)28)25-12-14-3-2-4-19-17(14)9-10-24-19/h2-11,13,24H,12H2,1H3,(H2,23,28)(H2,25,26,27). The zero-order valence-corrected chi connectivity index (χ0v) is 17.5. The van der Waals surface area contributed by atoms with E-state index in [4.69, 9.17) is 5.73 Å². The summed E-state index contributed by atoms with van der Waals surface area (Å²) in [5.41, 5.74) is 9.10. The molecule has 9 heteroatoms. The van der Waals surface area contributed by atoms with Gasteiger partial charge >= 0.3 is 0 Å². The van der Waals surface area contributed by atoms with Crippen molar-refractivity contribution in [1.82, 2.24) is 9.97 Å². The number of pyridine rings is 1. The summed E-state index contributed by atoms with van der Waals surface area (Å²) in [6.07, 6.45) is 4.45. The Labute approximate surface area is 179 Å². The van der Waals surface area contributed by atoms with Crippen LogP contribution in [0, 0.1) is 0 Å². The molecule has 0 atom stereocenters. The normalized spacial score (nSPS) is 11.4. The zero-order valence-electron chi connectivity index (χ0n) is 16.7. The van der Waals surface area contributed by atoms with Crippen LogP contribution in [-0.2, 0) is 16.4 Å². The molecule has 31 heavy (non-hydrogen) atoms. The van der Waals surface area contributed by atoms with E-state index < -0.39 is 15.7 Å². The summed E-state index contributed by atoms with van der Waals surface area (Å²) in [6, 6.07) is 16.0. The van der Waals surface area contributed by atoms with Gasteiger partial charge in [-0.15, -0.1) is 0 Å². The molecular weight excluding hydrogens is 414 g/mol. The molecule has 0 aliphatic heterocycles. The van der Waals surface area contributed by atoms with Gasteiger partial charge in [-0.1, -0.05) is 12.1 Å². The Morgan fingerprint density at radius 1 is 1.13 bits per heavy atom. The van der Waals surface area contributed by atoms with E-state index in [1.807, 2.05) is 30.5 Å². The molecule has 2 aromatic carbocycles. The minimum absolute atomic E-state index is 0.233. The summed E-state index contributed by atoms with van der Waals surface area (Å²) in [6.45, 7) is 0.488. The third-order valence-electron chi connectivity index (χ3n) is 4.88. The third kappa shape index (κ3) is 4.51. The number of nitrogens with two attached hydrogens (primary N) is 1. The lowest BCUT2D eigenvalue weighted by atomic mass is 10.1. The number of aromatic nitrogens is 2. The monoisotopic (exact) mass is 435 g/mol. The molecule has 0 bridgehead atoms. The van der Waals surface area contributed by atoms with Gasteiger partial charge in [-0.25, -0.2) is 13.4 Å². The first-order valence-corrected chi connectivity index (χ1v) is 11.4. The summed E-state index contributed by atoms with van der Waals surface area (Å²) in [5.74, 6) is -0.0987. The fraction of sp³-hybridized carbons (Fsp3) is 0.0909. The molecule has 4 aromatic rings. The van der Waals surface area contributed by atoms with Crippen LogP contribution in [0.4, 0.5) is 17.2 Å². The topological polar surface area (TPSA) is 130 Å². The summed E-state index contributed by atoms with van der Waals surface area (Å²) < 4.78 is 23.2. The molecule has 1 amide bonds. The average Bonchev–Trinajstić information content (AvgIpc) is 3.21. The van der Waals surface area contributed by atoms with Crippen LogP contribution in [0.2, 0.25) is 0 Å². The molecule has 0 fully saturated rings. The van der Waals surface area contributed by atoms with E-state index in [-0.39, 0.29) is 10.5 Å². The highest BCUT2D eigenvalue weighted by Crippen LogP contribution is 2.24. The van der Waals surface area contributed by atoms with Crippen molar-refractivity contribution in [2.45, 2.75) is 11.4 Å². The first kappa shape index (κ1) is 20.4. The molecule has 0 saturated heterocycles. The van der Waals surface area contributed by atoms with Crippen molar-refractivity contribution >= 4 is 43.8 Å². The Kier molecular flexibility index (Phi) is 5.35. The SMILES string of the molecule is CS(=O)(=O)c1ccc(Nc2cc(NCc3cccc4[nH]ccc34)c(C(N)=O)cn2)cc1. The molecule has 2 aromatic heterocycles. The molecule has 0 radical (unpaired) electrons. The van der Waals surface area contributed by atoms with Crippen molar-refractivity contribution in [3.8, 4) is 0 Å². The number of nitrogens with one attached hydrogen (secondary N) is 3.